The number of nitrogens with zero attached hydrogens (tertiary/aromatic N) is 3. The molecule has 7 nitrogen and oxygen atoms in total. The Bertz CT molecular complexity index is 658. The van der Waals surface area contributed by atoms with Crippen LogP contribution in [-0.4, -0.2) is 51.7 Å². The lowest BCUT2D eigenvalue weighted by molar-refractivity contribution is 0.308. The van der Waals surface area contributed by atoms with Crippen LogP contribution in [0.25, 0.3) is 0 Å². The summed E-state index contributed by atoms with van der Waals surface area (Å²) in [6.07, 6.45) is 2.99. The van der Waals surface area contributed by atoms with E-state index in [1.54, 1.807) is 12.1 Å². The molecular weight excluding hydrogens is 314 g/mol. The summed E-state index contributed by atoms with van der Waals surface area (Å²) < 4.78 is 22.8. The normalized spacial score (nSPS) is 12.0. The van der Waals surface area contributed by atoms with E-state index in [0.717, 1.165) is 25.9 Å². The maximum absolute atomic E-state index is 11.4. The van der Waals surface area contributed by atoms with Crippen LogP contribution < -0.4 is 10.6 Å². The number of likely N-dealkylation sites (N-methyl/N-ethyl adjacent to an activating group) is 1. The Morgan fingerprint density at radius 1 is 1.26 bits per heavy atom. The van der Waals surface area contributed by atoms with Crippen LogP contribution in [0.1, 0.15) is 13.8 Å². The van der Waals surface area contributed by atoms with Gasteiger partial charge in [0, 0.05) is 19.3 Å². The first kappa shape index (κ1) is 18.9. The van der Waals surface area contributed by atoms with Gasteiger partial charge in [-0.1, -0.05) is 13.8 Å². The van der Waals surface area contributed by atoms with E-state index in [0.29, 0.717) is 18.2 Å². The fraction of sp³-hybridized carbons (Fsp3) is 0.467. The maximum Gasteiger partial charge on any atom is 0.209 e. The molecule has 1 rings (SSSR count). The minimum Gasteiger partial charge on any atom is -0.354 e. The molecule has 0 bridgehead atoms. The zero-order valence-corrected chi connectivity index (χ0v) is 14.5. The number of nitriles is 1. The van der Waals surface area contributed by atoms with Gasteiger partial charge < -0.3 is 10.2 Å². The average molecular weight is 337 g/mol. The maximum atomic E-state index is 11.4. The second-order valence-electron chi connectivity index (χ2n) is 4.92. The molecule has 0 spiro atoms. The van der Waals surface area contributed by atoms with Crippen molar-refractivity contribution in [2.45, 2.75) is 18.7 Å². The lowest BCUT2D eigenvalue weighted by Crippen LogP contribution is -2.39. The average Bonchev–Trinajstić information content (AvgIpc) is 2.51. The van der Waals surface area contributed by atoms with Crippen molar-refractivity contribution in [3.8, 4) is 6.19 Å². The molecule has 23 heavy (non-hydrogen) atoms. The lowest BCUT2D eigenvalue weighted by Gasteiger charge is -2.18. The van der Waals surface area contributed by atoms with Gasteiger partial charge in [0.1, 0.15) is 0 Å². The van der Waals surface area contributed by atoms with Crippen molar-refractivity contribution in [3.63, 3.8) is 0 Å². The van der Waals surface area contributed by atoms with Gasteiger partial charge in [0.2, 0.25) is 5.96 Å². The Kier molecular flexibility index (Phi) is 7.51. The highest BCUT2D eigenvalue weighted by molar-refractivity contribution is 7.90. The molecule has 0 heterocycles. The van der Waals surface area contributed by atoms with Crippen molar-refractivity contribution in [1.29, 1.82) is 5.26 Å². The van der Waals surface area contributed by atoms with Crippen molar-refractivity contribution in [3.05, 3.63) is 24.3 Å². The quantitative estimate of drug-likeness (QED) is 0.334. The highest BCUT2D eigenvalue weighted by atomic mass is 32.2. The molecular formula is C15H23N5O2S. The van der Waals surface area contributed by atoms with E-state index in [1.807, 2.05) is 6.19 Å². The predicted octanol–water partition coefficient (Wildman–Crippen LogP) is 1.08. The van der Waals surface area contributed by atoms with Crippen molar-refractivity contribution in [2.24, 2.45) is 4.99 Å². The molecule has 0 radical (unpaired) electrons. The fourth-order valence-electron chi connectivity index (χ4n) is 1.93. The fourth-order valence-corrected chi connectivity index (χ4v) is 2.56. The van der Waals surface area contributed by atoms with E-state index in [2.05, 4.69) is 34.4 Å². The van der Waals surface area contributed by atoms with Gasteiger partial charge in [0.05, 0.1) is 10.6 Å². The number of hydrogen-bond acceptors (Lipinski definition) is 5. The van der Waals surface area contributed by atoms with Crippen LogP contribution in [0.2, 0.25) is 0 Å². The smallest absolute Gasteiger partial charge is 0.209 e. The molecule has 0 fully saturated rings. The monoisotopic (exact) mass is 337 g/mol. The molecule has 0 aliphatic heterocycles. The van der Waals surface area contributed by atoms with Crippen LogP contribution in [0, 0.1) is 11.5 Å². The second kappa shape index (κ2) is 9.12. The first-order chi connectivity index (χ1) is 10.9. The van der Waals surface area contributed by atoms with Gasteiger partial charge in [0.15, 0.2) is 16.0 Å². The molecule has 126 valence electrons. The van der Waals surface area contributed by atoms with Crippen molar-refractivity contribution >= 4 is 21.5 Å². The van der Waals surface area contributed by atoms with Crippen molar-refractivity contribution < 1.29 is 8.42 Å². The summed E-state index contributed by atoms with van der Waals surface area (Å²) in [7, 11) is -3.23. The van der Waals surface area contributed by atoms with E-state index < -0.39 is 9.84 Å². The van der Waals surface area contributed by atoms with E-state index in [1.165, 1.54) is 12.1 Å². The first-order valence-corrected chi connectivity index (χ1v) is 9.30. The summed E-state index contributed by atoms with van der Waals surface area (Å²) in [5, 5.41) is 14.4. The largest absolute Gasteiger partial charge is 0.354 e. The highest BCUT2D eigenvalue weighted by Crippen LogP contribution is 2.16. The van der Waals surface area contributed by atoms with Crippen molar-refractivity contribution in [1.82, 2.24) is 15.5 Å². The highest BCUT2D eigenvalue weighted by Gasteiger charge is 2.06. The van der Waals surface area contributed by atoms with Gasteiger partial charge in [-0.15, -0.1) is 0 Å². The van der Waals surface area contributed by atoms with Gasteiger partial charge in [-0.05, 0) is 37.4 Å². The van der Waals surface area contributed by atoms with Crippen LogP contribution in [-0.2, 0) is 9.84 Å². The Hall–Kier alpha value is -2.11. The molecule has 0 saturated heterocycles. The number of nitrogens with one attached hydrogen (secondary N) is 2. The van der Waals surface area contributed by atoms with Crippen LogP contribution in [0.3, 0.4) is 0 Å². The number of benzene rings is 1. The number of hydrogen-bond donors (Lipinski definition) is 2. The lowest BCUT2D eigenvalue weighted by atomic mass is 10.3. The summed E-state index contributed by atoms with van der Waals surface area (Å²) >= 11 is 0. The summed E-state index contributed by atoms with van der Waals surface area (Å²) in [6, 6.07) is 6.19. The molecule has 0 aliphatic carbocycles. The van der Waals surface area contributed by atoms with Gasteiger partial charge >= 0.3 is 0 Å². The Morgan fingerprint density at radius 3 is 2.35 bits per heavy atom. The summed E-state index contributed by atoms with van der Waals surface area (Å²) in [4.78, 5) is 6.76. The summed E-state index contributed by atoms with van der Waals surface area (Å²) in [5.41, 5.74) is 0.561. The Balaban J connectivity index is 2.76. The van der Waals surface area contributed by atoms with Crippen LogP contribution in [0.15, 0.2) is 34.2 Å². The SMILES string of the molecule is CCN(CC)CCNC(=Nc1ccc(S(C)(=O)=O)cc1)NC#N. The van der Waals surface area contributed by atoms with E-state index >= 15 is 0 Å². The van der Waals surface area contributed by atoms with E-state index in [-0.39, 0.29) is 4.90 Å². The number of sulfone groups is 1. The molecule has 0 atom stereocenters. The molecule has 8 heteroatoms. The molecule has 2 N–H and O–H groups in total. The summed E-state index contributed by atoms with van der Waals surface area (Å²) in [5.74, 6) is 0.340. The summed E-state index contributed by atoms with van der Waals surface area (Å²) in [6.45, 7) is 7.60. The van der Waals surface area contributed by atoms with Crippen molar-refractivity contribution in [2.75, 3.05) is 32.4 Å². The van der Waals surface area contributed by atoms with Gasteiger partial charge in [0.25, 0.3) is 0 Å². The van der Waals surface area contributed by atoms with Crippen LogP contribution in [0.4, 0.5) is 5.69 Å². The van der Waals surface area contributed by atoms with Gasteiger partial charge in [-0.2, -0.15) is 5.26 Å². The number of aliphatic imine (C=N–C) groups is 1. The Morgan fingerprint density at radius 2 is 1.87 bits per heavy atom. The first-order valence-electron chi connectivity index (χ1n) is 7.40. The predicted molar refractivity (Wildman–Crippen MR) is 91.2 cm³/mol. The molecule has 0 aromatic heterocycles. The topological polar surface area (TPSA) is 97.6 Å². The van der Waals surface area contributed by atoms with Crippen LogP contribution in [0.5, 0.6) is 0 Å². The second-order valence-corrected chi connectivity index (χ2v) is 6.93. The third-order valence-corrected chi connectivity index (χ3v) is 4.42. The third-order valence-electron chi connectivity index (χ3n) is 3.29. The third kappa shape index (κ3) is 6.67. The molecule has 0 aliphatic rings. The molecule has 1 aromatic carbocycles. The minimum atomic E-state index is -3.23. The zero-order valence-electron chi connectivity index (χ0n) is 13.7. The standard InChI is InChI=1S/C15H23N5O2S/c1-4-20(5-2)11-10-17-15(18-12-16)19-13-6-8-14(9-7-13)23(3,21)22/h6-9H,4-5,10-11H2,1-3H3,(H2,17,18,19). The van der Waals surface area contributed by atoms with Crippen LogP contribution >= 0.6 is 0 Å². The Labute approximate surface area is 137 Å². The molecule has 0 unspecified atom stereocenters. The van der Waals surface area contributed by atoms with Gasteiger partial charge in [-0.25, -0.2) is 13.4 Å². The van der Waals surface area contributed by atoms with Gasteiger partial charge in [-0.3, -0.25) is 5.32 Å². The molecule has 0 amide bonds. The van der Waals surface area contributed by atoms with E-state index in [9.17, 15) is 8.42 Å². The molecule has 0 saturated carbocycles. The number of guanidine groups is 1. The van der Waals surface area contributed by atoms with E-state index in [4.69, 9.17) is 5.26 Å². The number of rotatable bonds is 7. The minimum absolute atomic E-state index is 0.237. The zero-order chi connectivity index (χ0) is 17.3. The molecule has 1 aromatic rings.